The van der Waals surface area contributed by atoms with Gasteiger partial charge in [-0.05, 0) is 101 Å². The summed E-state index contributed by atoms with van der Waals surface area (Å²) in [5, 5.41) is 15.9. The Morgan fingerprint density at radius 2 is 1.18 bits per heavy atom. The number of carbonyl (C=O) groups excluding carboxylic acids is 2. The molecule has 2 aliphatic carbocycles. The van der Waals surface area contributed by atoms with Gasteiger partial charge in [-0.15, -0.1) is 0 Å². The number of esters is 1. The maximum absolute atomic E-state index is 13.2. The molecule has 44 heavy (non-hydrogen) atoms. The minimum absolute atomic E-state index is 0.195. The van der Waals surface area contributed by atoms with Gasteiger partial charge in [-0.2, -0.15) is 0 Å². The molecule has 3 N–H and O–H groups in total. The summed E-state index contributed by atoms with van der Waals surface area (Å²) in [7, 11) is 0. The average Bonchev–Trinajstić information content (AvgIpc) is 3.59. The fraction of sp³-hybridized carbons (Fsp3) is 0.105. The number of aliphatic hydroxyl groups excluding tert-OH is 1. The molecule has 0 fully saturated rings. The Morgan fingerprint density at radius 3 is 1.73 bits per heavy atom. The van der Waals surface area contributed by atoms with Gasteiger partial charge < -0.3 is 20.5 Å². The topological polar surface area (TPSA) is 87.7 Å². The molecule has 0 saturated carbocycles. The lowest BCUT2D eigenvalue weighted by Crippen LogP contribution is -2.12. The number of anilines is 4. The summed E-state index contributed by atoms with van der Waals surface area (Å²) >= 11 is 0. The Bertz CT molecular complexity index is 2050. The highest BCUT2D eigenvalue weighted by Gasteiger charge is 2.23. The minimum atomic E-state index is -0.591. The number of fused-ring (bicyclic) bond motifs is 6. The Morgan fingerprint density at radius 1 is 0.682 bits per heavy atom. The molecule has 0 heterocycles. The van der Waals surface area contributed by atoms with E-state index in [1.165, 1.54) is 44.5 Å². The van der Waals surface area contributed by atoms with Crippen molar-refractivity contribution in [1.82, 2.24) is 0 Å². The van der Waals surface area contributed by atoms with Crippen LogP contribution in [0.3, 0.4) is 0 Å². The molecule has 5 aromatic carbocycles. The van der Waals surface area contributed by atoms with Gasteiger partial charge in [0.05, 0.1) is 29.1 Å². The number of Topliss-reactive ketones (excluding diaryl/α,β-unsaturated/α-hetero) is 1. The summed E-state index contributed by atoms with van der Waals surface area (Å²) in [4.78, 5) is 26.4. The van der Waals surface area contributed by atoms with Crippen LogP contribution in [-0.2, 0) is 17.6 Å². The molecule has 0 aliphatic heterocycles. The van der Waals surface area contributed by atoms with E-state index < -0.39 is 11.8 Å². The standard InChI is InChI=1S/C38H28N2O4/c1-2-44-38(43)34-22-35(39-27-11-13-31-25(19-27)17-23-7-3-5-9-29(23)31)33(37(42)15-16-41)21-36(34)40-28-12-14-32-26(20-28)18-24-8-4-6-10-30(24)32/h3-14,19-22,39-41H,2,17-18H2,1H3. The highest BCUT2D eigenvalue weighted by atomic mass is 16.5. The number of ketones is 1. The molecule has 0 spiro atoms. The molecular formula is C38H28N2O4. The molecule has 214 valence electrons. The first-order chi connectivity index (χ1) is 21.5. The van der Waals surface area contributed by atoms with E-state index in [9.17, 15) is 14.7 Å². The SMILES string of the molecule is CCOC(=O)c1cc(Nc2ccc3c(c2)Cc2ccccc2-3)c(C(=O)C#CO)cc1Nc1ccc2c(c1)Cc1ccccc1-2. The summed E-state index contributed by atoms with van der Waals surface area (Å²) in [5.74, 6) is 1.12. The van der Waals surface area contributed by atoms with Gasteiger partial charge in [0.15, 0.2) is 0 Å². The van der Waals surface area contributed by atoms with E-state index in [0.29, 0.717) is 11.4 Å². The van der Waals surface area contributed by atoms with Crippen LogP contribution in [-0.4, -0.2) is 23.5 Å². The predicted molar refractivity (Wildman–Crippen MR) is 172 cm³/mol. The first kappa shape index (κ1) is 27.1. The van der Waals surface area contributed by atoms with Crippen molar-refractivity contribution in [1.29, 1.82) is 0 Å². The van der Waals surface area contributed by atoms with Gasteiger partial charge in [0, 0.05) is 17.3 Å². The second-order valence-corrected chi connectivity index (χ2v) is 10.9. The lowest BCUT2D eigenvalue weighted by Gasteiger charge is -2.18. The number of rotatable bonds is 7. The van der Waals surface area contributed by atoms with E-state index in [4.69, 9.17) is 4.74 Å². The number of nitrogens with one attached hydrogen (secondary N) is 2. The van der Waals surface area contributed by atoms with Gasteiger partial charge in [0.2, 0.25) is 5.78 Å². The summed E-state index contributed by atoms with van der Waals surface area (Å²) in [5.41, 5.74) is 12.5. The molecule has 0 unspecified atom stereocenters. The van der Waals surface area contributed by atoms with Gasteiger partial charge in [-0.3, -0.25) is 4.79 Å². The third-order valence-electron chi connectivity index (χ3n) is 8.21. The quantitative estimate of drug-likeness (QED) is 0.101. The van der Waals surface area contributed by atoms with Crippen LogP contribution in [0.2, 0.25) is 0 Å². The minimum Gasteiger partial charge on any atom is -0.462 e. The van der Waals surface area contributed by atoms with Gasteiger partial charge in [-0.25, -0.2) is 4.79 Å². The zero-order valence-electron chi connectivity index (χ0n) is 24.0. The first-order valence-electron chi connectivity index (χ1n) is 14.5. The zero-order valence-corrected chi connectivity index (χ0v) is 24.0. The number of hydrogen-bond donors (Lipinski definition) is 3. The van der Waals surface area contributed by atoms with Crippen LogP contribution in [0.15, 0.2) is 97.1 Å². The maximum Gasteiger partial charge on any atom is 0.340 e. The molecular weight excluding hydrogens is 548 g/mol. The van der Waals surface area contributed by atoms with Crippen LogP contribution in [0.5, 0.6) is 0 Å². The van der Waals surface area contributed by atoms with Gasteiger partial charge in [0.25, 0.3) is 0 Å². The highest BCUT2D eigenvalue weighted by Crippen LogP contribution is 2.40. The van der Waals surface area contributed by atoms with Crippen LogP contribution in [0.4, 0.5) is 22.7 Å². The van der Waals surface area contributed by atoms with E-state index in [1.54, 1.807) is 25.2 Å². The third kappa shape index (κ3) is 4.85. The Kier molecular flexibility index (Phi) is 6.84. The lowest BCUT2D eigenvalue weighted by molar-refractivity contribution is 0.0527. The van der Waals surface area contributed by atoms with Crippen molar-refractivity contribution in [3.05, 3.63) is 130 Å². The van der Waals surface area contributed by atoms with Crippen molar-refractivity contribution in [2.75, 3.05) is 17.2 Å². The van der Waals surface area contributed by atoms with Crippen LogP contribution in [0.1, 0.15) is 49.9 Å². The van der Waals surface area contributed by atoms with Crippen LogP contribution >= 0.6 is 0 Å². The fourth-order valence-electron chi connectivity index (χ4n) is 6.25. The summed E-state index contributed by atoms with van der Waals surface area (Å²) in [6, 6.07) is 32.0. The van der Waals surface area contributed by atoms with Crippen molar-refractivity contribution < 1.29 is 19.4 Å². The molecule has 0 bridgehead atoms. The molecule has 7 rings (SSSR count). The van der Waals surface area contributed by atoms with Crippen molar-refractivity contribution in [3.8, 4) is 34.3 Å². The average molecular weight is 577 g/mol. The van der Waals surface area contributed by atoms with Crippen molar-refractivity contribution in [2.24, 2.45) is 0 Å². The number of hydrogen-bond acceptors (Lipinski definition) is 6. The molecule has 6 nitrogen and oxygen atoms in total. The molecule has 6 heteroatoms. The van der Waals surface area contributed by atoms with Crippen molar-refractivity contribution in [2.45, 2.75) is 19.8 Å². The zero-order chi connectivity index (χ0) is 30.2. The Hall–Kier alpha value is -5.80. The largest absolute Gasteiger partial charge is 0.462 e. The second-order valence-electron chi connectivity index (χ2n) is 10.9. The molecule has 2 aliphatic rings. The molecule has 0 saturated heterocycles. The molecule has 0 aromatic heterocycles. The van der Waals surface area contributed by atoms with Gasteiger partial charge >= 0.3 is 5.97 Å². The highest BCUT2D eigenvalue weighted by molar-refractivity contribution is 6.14. The third-order valence-corrected chi connectivity index (χ3v) is 8.21. The van der Waals surface area contributed by atoms with E-state index >= 15 is 0 Å². The van der Waals surface area contributed by atoms with E-state index in [-0.39, 0.29) is 17.7 Å². The van der Waals surface area contributed by atoms with Crippen molar-refractivity contribution in [3.63, 3.8) is 0 Å². The molecule has 0 amide bonds. The molecule has 0 atom stereocenters. The molecule has 5 aromatic rings. The van der Waals surface area contributed by atoms with Gasteiger partial charge in [-0.1, -0.05) is 60.7 Å². The van der Waals surface area contributed by atoms with E-state index in [1.807, 2.05) is 36.4 Å². The summed E-state index contributed by atoms with van der Waals surface area (Å²) in [6.45, 7) is 1.94. The second kappa shape index (κ2) is 11.1. The first-order valence-corrected chi connectivity index (χ1v) is 14.5. The van der Waals surface area contributed by atoms with E-state index in [2.05, 4.69) is 65.1 Å². The van der Waals surface area contributed by atoms with Crippen molar-refractivity contribution >= 4 is 34.5 Å². The number of benzene rings is 5. The summed E-state index contributed by atoms with van der Waals surface area (Å²) < 4.78 is 5.41. The van der Waals surface area contributed by atoms with Gasteiger partial charge in [0.1, 0.15) is 6.11 Å². The summed E-state index contributed by atoms with van der Waals surface area (Å²) in [6.07, 6.45) is 3.35. The van der Waals surface area contributed by atoms with E-state index in [0.717, 1.165) is 24.2 Å². The smallest absolute Gasteiger partial charge is 0.340 e. The predicted octanol–water partition coefficient (Wildman–Crippen LogP) is 8.01. The Balaban J connectivity index is 1.27. The Labute approximate surface area is 255 Å². The van der Waals surface area contributed by atoms with Crippen LogP contribution < -0.4 is 10.6 Å². The van der Waals surface area contributed by atoms with Crippen LogP contribution in [0.25, 0.3) is 22.3 Å². The fourth-order valence-corrected chi connectivity index (χ4v) is 6.25. The maximum atomic E-state index is 13.2. The number of aliphatic hydroxyl groups is 1. The molecule has 0 radical (unpaired) electrons. The van der Waals surface area contributed by atoms with Crippen LogP contribution in [0, 0.1) is 12.0 Å². The number of carbonyl (C=O) groups is 2. The monoisotopic (exact) mass is 576 g/mol. The lowest BCUT2D eigenvalue weighted by atomic mass is 10.0. The normalized spacial score (nSPS) is 11.8. The number of ether oxygens (including phenoxy) is 1.